The molecule has 0 spiro atoms. The molecule has 6 nitrogen and oxygen atoms in total. The molecular formula is C17H31NO5. The quantitative estimate of drug-likeness (QED) is 0.528. The number of carbonyl (C=O) groups is 2. The van der Waals surface area contributed by atoms with Gasteiger partial charge in [-0.3, -0.25) is 4.79 Å². The van der Waals surface area contributed by atoms with Gasteiger partial charge in [-0.15, -0.1) is 0 Å². The van der Waals surface area contributed by atoms with E-state index in [4.69, 9.17) is 4.74 Å². The molecule has 0 bridgehead atoms. The number of ether oxygens (including phenoxy) is 2. The molecule has 1 amide bonds. The second kappa shape index (κ2) is 10.3. The molecule has 0 rings (SSSR count). The average molecular weight is 329 g/mol. The highest BCUT2D eigenvalue weighted by atomic mass is 16.6. The van der Waals surface area contributed by atoms with Gasteiger partial charge >= 0.3 is 12.1 Å². The number of hydrogen-bond donors (Lipinski definition) is 2. The third kappa shape index (κ3) is 11.6. The number of alkyl carbamates (subject to hydrolysis) is 1. The summed E-state index contributed by atoms with van der Waals surface area (Å²) in [4.78, 5) is 23.2. The molecule has 0 aliphatic rings. The van der Waals surface area contributed by atoms with E-state index in [0.717, 1.165) is 0 Å². The van der Waals surface area contributed by atoms with E-state index in [-0.39, 0.29) is 12.4 Å². The van der Waals surface area contributed by atoms with Gasteiger partial charge in [-0.2, -0.15) is 0 Å². The van der Waals surface area contributed by atoms with E-state index < -0.39 is 23.8 Å². The summed E-state index contributed by atoms with van der Waals surface area (Å²) in [5.74, 6) is -0.377. The van der Waals surface area contributed by atoms with Gasteiger partial charge in [0.15, 0.2) is 0 Å². The third-order valence-corrected chi connectivity index (χ3v) is 3.07. The first-order valence-corrected chi connectivity index (χ1v) is 7.93. The van der Waals surface area contributed by atoms with Gasteiger partial charge in [-0.1, -0.05) is 11.6 Å². The number of hydrogen-bond acceptors (Lipinski definition) is 5. The van der Waals surface area contributed by atoms with Crippen LogP contribution < -0.4 is 5.32 Å². The van der Waals surface area contributed by atoms with Crippen LogP contribution in [-0.2, 0) is 14.3 Å². The molecule has 23 heavy (non-hydrogen) atoms. The van der Waals surface area contributed by atoms with E-state index in [2.05, 4.69) is 10.1 Å². The van der Waals surface area contributed by atoms with Crippen molar-refractivity contribution in [2.75, 3.05) is 7.11 Å². The van der Waals surface area contributed by atoms with E-state index in [9.17, 15) is 14.7 Å². The highest BCUT2D eigenvalue weighted by Gasteiger charge is 2.25. The zero-order valence-corrected chi connectivity index (χ0v) is 15.1. The molecule has 0 aromatic rings. The molecule has 0 aromatic carbocycles. The number of carbonyl (C=O) groups excluding carboxylic acids is 2. The van der Waals surface area contributed by atoms with Crippen LogP contribution in [0.2, 0.25) is 0 Å². The molecule has 0 heterocycles. The third-order valence-electron chi connectivity index (χ3n) is 3.07. The van der Waals surface area contributed by atoms with Crippen LogP contribution in [0.4, 0.5) is 4.79 Å². The highest BCUT2D eigenvalue weighted by Crippen LogP contribution is 2.13. The lowest BCUT2D eigenvalue weighted by Gasteiger charge is -2.26. The monoisotopic (exact) mass is 329 g/mol. The summed E-state index contributed by atoms with van der Waals surface area (Å²) in [7, 11) is 1.31. The fraction of sp³-hybridized carbons (Fsp3) is 0.765. The molecule has 6 heteroatoms. The Hall–Kier alpha value is -1.56. The molecule has 2 N–H and O–H groups in total. The number of aliphatic hydroxyl groups is 1. The van der Waals surface area contributed by atoms with E-state index in [1.807, 2.05) is 19.9 Å². The minimum atomic E-state index is -0.761. The molecule has 0 saturated heterocycles. The summed E-state index contributed by atoms with van der Waals surface area (Å²) >= 11 is 0. The summed E-state index contributed by atoms with van der Waals surface area (Å²) in [6.45, 7) is 9.27. The lowest BCUT2D eigenvalue weighted by molar-refractivity contribution is -0.141. The van der Waals surface area contributed by atoms with Crippen molar-refractivity contribution in [3.05, 3.63) is 11.6 Å². The smallest absolute Gasteiger partial charge is 0.407 e. The second-order valence-electron chi connectivity index (χ2n) is 6.79. The Morgan fingerprint density at radius 1 is 1.22 bits per heavy atom. The van der Waals surface area contributed by atoms with Crippen LogP contribution in [0.1, 0.15) is 60.3 Å². The van der Waals surface area contributed by atoms with E-state index in [1.165, 1.54) is 12.7 Å². The van der Waals surface area contributed by atoms with E-state index in [1.54, 1.807) is 20.8 Å². The van der Waals surface area contributed by atoms with Gasteiger partial charge in [-0.25, -0.2) is 4.79 Å². The summed E-state index contributed by atoms with van der Waals surface area (Å²) in [5, 5.41) is 13.0. The van der Waals surface area contributed by atoms with Gasteiger partial charge in [-0.05, 0) is 53.9 Å². The first-order chi connectivity index (χ1) is 10.5. The fourth-order valence-corrected chi connectivity index (χ4v) is 1.94. The Labute approximate surface area is 139 Å². The number of allylic oxidation sites excluding steroid dienone is 2. The summed E-state index contributed by atoms with van der Waals surface area (Å²) in [5.41, 5.74) is 0.549. The van der Waals surface area contributed by atoms with Crippen LogP contribution in [0.5, 0.6) is 0 Å². The maximum Gasteiger partial charge on any atom is 0.407 e. The Kier molecular flexibility index (Phi) is 9.56. The van der Waals surface area contributed by atoms with Gasteiger partial charge in [0, 0.05) is 6.42 Å². The van der Waals surface area contributed by atoms with Gasteiger partial charge in [0.05, 0.1) is 19.3 Å². The largest absolute Gasteiger partial charge is 0.469 e. The van der Waals surface area contributed by atoms with E-state index >= 15 is 0 Å². The first-order valence-electron chi connectivity index (χ1n) is 7.93. The molecule has 0 radical (unpaired) electrons. The molecule has 134 valence electrons. The predicted octanol–water partition coefficient (Wildman–Crippen LogP) is 2.94. The Bertz CT molecular complexity index is 408. The van der Waals surface area contributed by atoms with Crippen molar-refractivity contribution >= 4 is 12.1 Å². The van der Waals surface area contributed by atoms with Crippen molar-refractivity contribution in [3.63, 3.8) is 0 Å². The van der Waals surface area contributed by atoms with Gasteiger partial charge in [0.2, 0.25) is 0 Å². The molecule has 0 aliphatic carbocycles. The van der Waals surface area contributed by atoms with Crippen molar-refractivity contribution in [2.24, 2.45) is 0 Å². The lowest BCUT2D eigenvalue weighted by Crippen LogP contribution is -2.45. The fourth-order valence-electron chi connectivity index (χ4n) is 1.94. The van der Waals surface area contributed by atoms with Crippen molar-refractivity contribution in [1.82, 2.24) is 5.32 Å². The van der Waals surface area contributed by atoms with Crippen LogP contribution in [0, 0.1) is 0 Å². The number of esters is 1. The average Bonchev–Trinajstić information content (AvgIpc) is 2.40. The SMILES string of the molecule is COC(=O)CC[C@H](NC(=O)OC(C)(C)C)[C@H](O)CCC=C(C)C. The molecular weight excluding hydrogens is 298 g/mol. The van der Waals surface area contributed by atoms with Gasteiger partial charge < -0.3 is 19.9 Å². The Morgan fingerprint density at radius 3 is 2.30 bits per heavy atom. The highest BCUT2D eigenvalue weighted by molar-refractivity contribution is 5.70. The predicted molar refractivity (Wildman–Crippen MR) is 89.1 cm³/mol. The summed E-state index contributed by atoms with van der Waals surface area (Å²) in [6, 6.07) is -0.561. The lowest BCUT2D eigenvalue weighted by atomic mass is 10.0. The van der Waals surface area contributed by atoms with Crippen LogP contribution >= 0.6 is 0 Å². The standard InChI is InChI=1S/C17H31NO5/c1-12(2)8-7-9-14(19)13(10-11-15(20)22-6)18-16(21)23-17(3,4)5/h8,13-14,19H,7,9-11H2,1-6H3,(H,18,21)/t13-,14+/m0/s1. The number of nitrogens with one attached hydrogen (secondary N) is 1. The van der Waals surface area contributed by atoms with Crippen molar-refractivity contribution in [1.29, 1.82) is 0 Å². The molecule has 0 aromatic heterocycles. The zero-order chi connectivity index (χ0) is 18.0. The number of amides is 1. The molecule has 0 fully saturated rings. The van der Waals surface area contributed by atoms with Crippen LogP contribution in [0.3, 0.4) is 0 Å². The normalized spacial score (nSPS) is 13.7. The van der Waals surface area contributed by atoms with Gasteiger partial charge in [0.25, 0.3) is 0 Å². The molecule has 0 saturated carbocycles. The number of aliphatic hydroxyl groups excluding tert-OH is 1. The number of rotatable bonds is 8. The summed E-state index contributed by atoms with van der Waals surface area (Å²) in [6.07, 6.45) is 2.27. The van der Waals surface area contributed by atoms with Crippen molar-refractivity contribution in [3.8, 4) is 0 Å². The Morgan fingerprint density at radius 2 is 1.83 bits per heavy atom. The van der Waals surface area contributed by atoms with Crippen LogP contribution in [-0.4, -0.2) is 42.0 Å². The molecule has 0 unspecified atom stereocenters. The Balaban J connectivity index is 4.68. The van der Waals surface area contributed by atoms with Crippen molar-refractivity contribution < 1.29 is 24.2 Å². The zero-order valence-electron chi connectivity index (χ0n) is 15.1. The van der Waals surface area contributed by atoms with Crippen LogP contribution in [0.25, 0.3) is 0 Å². The molecule has 2 atom stereocenters. The van der Waals surface area contributed by atoms with Crippen molar-refractivity contribution in [2.45, 2.75) is 78.0 Å². The first kappa shape index (κ1) is 21.4. The number of methoxy groups -OCH3 is 1. The minimum Gasteiger partial charge on any atom is -0.469 e. The van der Waals surface area contributed by atoms with Crippen LogP contribution in [0.15, 0.2) is 11.6 Å². The second-order valence-corrected chi connectivity index (χ2v) is 6.79. The minimum absolute atomic E-state index is 0.122. The summed E-state index contributed by atoms with van der Waals surface area (Å²) < 4.78 is 9.81. The maximum absolute atomic E-state index is 11.9. The molecule has 0 aliphatic heterocycles. The maximum atomic E-state index is 11.9. The van der Waals surface area contributed by atoms with E-state index in [0.29, 0.717) is 19.3 Å². The van der Waals surface area contributed by atoms with Gasteiger partial charge in [0.1, 0.15) is 5.60 Å². The topological polar surface area (TPSA) is 84.9 Å².